The molecule has 0 saturated carbocycles. The number of hydrogen-bond acceptors (Lipinski definition) is 2. The zero-order valence-corrected chi connectivity index (χ0v) is 12.5. The highest BCUT2D eigenvalue weighted by Crippen LogP contribution is 2.33. The van der Waals surface area contributed by atoms with Gasteiger partial charge in [0, 0.05) is 11.3 Å². The molecule has 3 rings (SSSR count). The zero-order valence-electron chi connectivity index (χ0n) is 12.5. The van der Waals surface area contributed by atoms with Gasteiger partial charge in [-0.2, -0.15) is 0 Å². The molecule has 1 unspecified atom stereocenters. The number of carbonyl (C=O) groups excluding carboxylic acids is 1. The molecular weight excluding hydrogens is 272 g/mol. The van der Waals surface area contributed by atoms with Crippen LogP contribution >= 0.6 is 0 Å². The third-order valence-electron chi connectivity index (χ3n) is 4.09. The summed E-state index contributed by atoms with van der Waals surface area (Å²) in [7, 11) is 0. The Morgan fingerprint density at radius 1 is 0.955 bits per heavy atom. The van der Waals surface area contributed by atoms with Crippen molar-refractivity contribution in [3.8, 4) is 5.75 Å². The van der Waals surface area contributed by atoms with Gasteiger partial charge in [0.05, 0.1) is 5.56 Å². The molecular formula is C20H18O2. The fourth-order valence-corrected chi connectivity index (χ4v) is 2.90. The standard InChI is InChI=1S/C20H18O2/c1-2-16(14-8-4-3-5-9-14)19(21)18-13-12-15-10-6-7-11-17(15)20(18)22/h3-13,16,22H,2H2,1H3. The minimum atomic E-state index is -0.228. The molecule has 110 valence electrons. The van der Waals surface area contributed by atoms with Gasteiger partial charge in [-0.15, -0.1) is 0 Å². The van der Waals surface area contributed by atoms with Crippen LogP contribution in [0, 0.1) is 0 Å². The van der Waals surface area contributed by atoms with Crippen LogP contribution in [0.1, 0.15) is 35.2 Å². The second-order valence-corrected chi connectivity index (χ2v) is 5.42. The van der Waals surface area contributed by atoms with Crippen LogP contribution in [-0.4, -0.2) is 10.9 Å². The first-order chi connectivity index (χ1) is 10.7. The molecule has 1 N–H and O–H groups in total. The van der Waals surface area contributed by atoms with E-state index in [9.17, 15) is 9.90 Å². The topological polar surface area (TPSA) is 37.3 Å². The highest BCUT2D eigenvalue weighted by atomic mass is 16.3. The van der Waals surface area contributed by atoms with E-state index in [-0.39, 0.29) is 17.5 Å². The molecule has 2 nitrogen and oxygen atoms in total. The Hall–Kier alpha value is -2.61. The summed E-state index contributed by atoms with van der Waals surface area (Å²) in [5.41, 5.74) is 1.39. The van der Waals surface area contributed by atoms with Gasteiger partial charge in [0.15, 0.2) is 5.78 Å². The summed E-state index contributed by atoms with van der Waals surface area (Å²) in [4.78, 5) is 12.9. The number of ketones is 1. The molecule has 0 fully saturated rings. The zero-order chi connectivity index (χ0) is 15.5. The number of hydrogen-bond donors (Lipinski definition) is 1. The Labute approximate surface area is 130 Å². The summed E-state index contributed by atoms with van der Waals surface area (Å²) < 4.78 is 0. The summed E-state index contributed by atoms with van der Waals surface area (Å²) in [6.45, 7) is 1.99. The number of fused-ring (bicyclic) bond motifs is 1. The van der Waals surface area contributed by atoms with E-state index < -0.39 is 0 Å². The largest absolute Gasteiger partial charge is 0.507 e. The Morgan fingerprint density at radius 3 is 2.36 bits per heavy atom. The SMILES string of the molecule is CCC(C(=O)c1ccc2ccccc2c1O)c1ccccc1. The van der Waals surface area contributed by atoms with Crippen LogP contribution < -0.4 is 0 Å². The lowest BCUT2D eigenvalue weighted by atomic mass is 9.87. The van der Waals surface area contributed by atoms with Crippen LogP contribution in [0.4, 0.5) is 0 Å². The molecule has 0 radical (unpaired) electrons. The number of carbonyl (C=O) groups is 1. The molecule has 2 heteroatoms. The van der Waals surface area contributed by atoms with E-state index in [1.165, 1.54) is 0 Å². The van der Waals surface area contributed by atoms with Crippen molar-refractivity contribution in [1.29, 1.82) is 0 Å². The molecule has 3 aromatic rings. The number of phenolic OH excluding ortho intramolecular Hbond substituents is 1. The molecule has 0 spiro atoms. The minimum Gasteiger partial charge on any atom is -0.507 e. The van der Waals surface area contributed by atoms with Crippen molar-refractivity contribution in [3.63, 3.8) is 0 Å². The predicted molar refractivity (Wildman–Crippen MR) is 89.4 cm³/mol. The van der Waals surface area contributed by atoms with Gasteiger partial charge in [0.25, 0.3) is 0 Å². The van der Waals surface area contributed by atoms with E-state index >= 15 is 0 Å². The average Bonchev–Trinajstić information content (AvgIpc) is 2.57. The number of benzene rings is 3. The lowest BCUT2D eigenvalue weighted by Gasteiger charge is -2.16. The van der Waals surface area contributed by atoms with Gasteiger partial charge in [-0.05, 0) is 23.4 Å². The Kier molecular flexibility index (Phi) is 3.92. The molecule has 1 atom stereocenters. The van der Waals surface area contributed by atoms with E-state index in [0.717, 1.165) is 16.3 Å². The monoisotopic (exact) mass is 290 g/mol. The quantitative estimate of drug-likeness (QED) is 0.692. The first-order valence-corrected chi connectivity index (χ1v) is 7.52. The van der Waals surface area contributed by atoms with Crippen molar-refractivity contribution in [3.05, 3.63) is 77.9 Å². The number of Topliss-reactive ketones (excluding diaryl/α,β-unsaturated/α-hetero) is 1. The molecule has 3 aromatic carbocycles. The summed E-state index contributed by atoms with van der Waals surface area (Å²) in [5, 5.41) is 12.1. The van der Waals surface area contributed by atoms with Crippen molar-refractivity contribution >= 4 is 16.6 Å². The Balaban J connectivity index is 2.06. The van der Waals surface area contributed by atoms with E-state index in [1.807, 2.05) is 67.6 Å². The second-order valence-electron chi connectivity index (χ2n) is 5.42. The average molecular weight is 290 g/mol. The second kappa shape index (κ2) is 6.02. The minimum absolute atomic E-state index is 0.0306. The van der Waals surface area contributed by atoms with Crippen LogP contribution in [0.3, 0.4) is 0 Å². The summed E-state index contributed by atoms with van der Waals surface area (Å²) >= 11 is 0. The molecule has 0 aliphatic carbocycles. The Bertz CT molecular complexity index is 806. The van der Waals surface area contributed by atoms with E-state index in [0.29, 0.717) is 12.0 Å². The van der Waals surface area contributed by atoms with Crippen LogP contribution in [0.25, 0.3) is 10.8 Å². The number of phenols is 1. The third-order valence-corrected chi connectivity index (χ3v) is 4.09. The summed E-state index contributed by atoms with van der Waals surface area (Å²) in [5.74, 6) is -0.178. The fourth-order valence-electron chi connectivity index (χ4n) is 2.90. The maximum atomic E-state index is 12.9. The Morgan fingerprint density at radius 2 is 1.64 bits per heavy atom. The van der Waals surface area contributed by atoms with Crippen LogP contribution in [0.2, 0.25) is 0 Å². The normalized spacial score (nSPS) is 12.2. The highest BCUT2D eigenvalue weighted by Gasteiger charge is 2.23. The molecule has 0 aliphatic heterocycles. The maximum absolute atomic E-state index is 12.9. The van der Waals surface area contributed by atoms with Gasteiger partial charge < -0.3 is 5.11 Å². The molecule has 0 aromatic heterocycles. The van der Waals surface area contributed by atoms with E-state index in [4.69, 9.17) is 0 Å². The van der Waals surface area contributed by atoms with Crippen molar-refractivity contribution in [1.82, 2.24) is 0 Å². The highest BCUT2D eigenvalue weighted by molar-refractivity contribution is 6.07. The van der Waals surface area contributed by atoms with Gasteiger partial charge in [0.1, 0.15) is 5.75 Å². The first-order valence-electron chi connectivity index (χ1n) is 7.52. The van der Waals surface area contributed by atoms with Crippen LogP contribution in [0.5, 0.6) is 5.75 Å². The maximum Gasteiger partial charge on any atom is 0.174 e. The molecule has 0 aliphatic rings. The lowest BCUT2D eigenvalue weighted by molar-refractivity contribution is 0.0955. The van der Waals surface area contributed by atoms with Crippen molar-refractivity contribution in [2.45, 2.75) is 19.3 Å². The third kappa shape index (κ3) is 2.48. The lowest BCUT2D eigenvalue weighted by Crippen LogP contribution is -2.12. The van der Waals surface area contributed by atoms with Crippen LogP contribution in [-0.2, 0) is 0 Å². The first kappa shape index (κ1) is 14.3. The van der Waals surface area contributed by atoms with Gasteiger partial charge >= 0.3 is 0 Å². The van der Waals surface area contributed by atoms with Gasteiger partial charge in [0.2, 0.25) is 0 Å². The molecule has 0 saturated heterocycles. The molecule has 0 amide bonds. The van der Waals surface area contributed by atoms with Gasteiger partial charge in [-0.3, -0.25) is 4.79 Å². The fraction of sp³-hybridized carbons (Fsp3) is 0.150. The number of aromatic hydroxyl groups is 1. The van der Waals surface area contributed by atoms with E-state index in [2.05, 4.69) is 0 Å². The van der Waals surface area contributed by atoms with Gasteiger partial charge in [-0.1, -0.05) is 67.6 Å². The summed E-state index contributed by atoms with van der Waals surface area (Å²) in [6.07, 6.45) is 0.703. The number of rotatable bonds is 4. The van der Waals surface area contributed by atoms with Crippen molar-refractivity contribution in [2.24, 2.45) is 0 Å². The molecule has 22 heavy (non-hydrogen) atoms. The molecule has 0 heterocycles. The van der Waals surface area contributed by atoms with E-state index in [1.54, 1.807) is 6.07 Å². The van der Waals surface area contributed by atoms with Crippen LogP contribution in [0.15, 0.2) is 66.7 Å². The smallest absolute Gasteiger partial charge is 0.174 e. The molecule has 0 bridgehead atoms. The van der Waals surface area contributed by atoms with Gasteiger partial charge in [-0.25, -0.2) is 0 Å². The van der Waals surface area contributed by atoms with Crippen molar-refractivity contribution in [2.75, 3.05) is 0 Å². The van der Waals surface area contributed by atoms with Crippen molar-refractivity contribution < 1.29 is 9.90 Å². The summed E-state index contributed by atoms with van der Waals surface area (Å²) in [6, 6.07) is 20.9. The predicted octanol–water partition coefficient (Wildman–Crippen LogP) is 4.92.